The number of hydrogen-bond donors (Lipinski definition) is 1. The van der Waals surface area contributed by atoms with Crippen LogP contribution in [0.1, 0.15) is 16.8 Å². The highest BCUT2D eigenvalue weighted by Crippen LogP contribution is 2.04. The van der Waals surface area contributed by atoms with Gasteiger partial charge in [0, 0.05) is 31.0 Å². The Balaban J connectivity index is 1.51. The summed E-state index contributed by atoms with van der Waals surface area (Å²) in [5.41, 5.74) is 3.35. The maximum atomic E-state index is 4.39. The van der Waals surface area contributed by atoms with Crippen LogP contribution in [-0.4, -0.2) is 20.0 Å². The van der Waals surface area contributed by atoms with Crippen LogP contribution in [-0.2, 0) is 19.6 Å². The van der Waals surface area contributed by atoms with Crippen molar-refractivity contribution in [2.75, 3.05) is 0 Å². The zero-order valence-electron chi connectivity index (χ0n) is 11.7. The molecule has 0 aliphatic rings. The number of rotatable bonds is 6. The highest BCUT2D eigenvalue weighted by molar-refractivity contribution is 5.15. The van der Waals surface area contributed by atoms with E-state index < -0.39 is 0 Å². The molecule has 0 atom stereocenters. The van der Waals surface area contributed by atoms with Gasteiger partial charge >= 0.3 is 0 Å². The molecule has 0 amide bonds. The molecular formula is C16H17N5. The second kappa shape index (κ2) is 6.76. The Bertz CT molecular complexity index is 663. The first kappa shape index (κ1) is 13.5. The fourth-order valence-corrected chi connectivity index (χ4v) is 2.12. The average Bonchev–Trinajstić information content (AvgIpc) is 2.97. The molecule has 3 rings (SSSR count). The molecule has 2 aromatic heterocycles. The third-order valence-electron chi connectivity index (χ3n) is 3.14. The van der Waals surface area contributed by atoms with Gasteiger partial charge in [0.15, 0.2) is 0 Å². The number of nitrogens with zero attached hydrogens (tertiary/aromatic N) is 4. The van der Waals surface area contributed by atoms with Gasteiger partial charge in [0.1, 0.15) is 0 Å². The summed E-state index contributed by atoms with van der Waals surface area (Å²) >= 11 is 0. The second-order valence-electron chi connectivity index (χ2n) is 4.85. The van der Waals surface area contributed by atoms with E-state index in [1.54, 1.807) is 6.20 Å². The molecule has 0 spiro atoms. The van der Waals surface area contributed by atoms with Crippen LogP contribution < -0.4 is 5.32 Å². The average molecular weight is 279 g/mol. The van der Waals surface area contributed by atoms with Crippen molar-refractivity contribution >= 4 is 0 Å². The van der Waals surface area contributed by atoms with Crippen LogP contribution in [0, 0.1) is 0 Å². The molecular weight excluding hydrogens is 262 g/mol. The van der Waals surface area contributed by atoms with E-state index in [4.69, 9.17) is 0 Å². The zero-order valence-corrected chi connectivity index (χ0v) is 11.7. The van der Waals surface area contributed by atoms with E-state index in [1.165, 1.54) is 5.56 Å². The SMILES string of the molecule is c1ccc(Cn2cc(CNCc3cccnn3)cn2)cc1. The van der Waals surface area contributed by atoms with Crippen molar-refractivity contribution in [3.8, 4) is 0 Å². The molecule has 0 radical (unpaired) electrons. The fourth-order valence-electron chi connectivity index (χ4n) is 2.12. The van der Waals surface area contributed by atoms with Gasteiger partial charge in [0.05, 0.1) is 18.4 Å². The molecule has 2 heterocycles. The van der Waals surface area contributed by atoms with Crippen molar-refractivity contribution in [1.82, 2.24) is 25.3 Å². The lowest BCUT2D eigenvalue weighted by atomic mass is 10.2. The number of hydrogen-bond acceptors (Lipinski definition) is 4. The zero-order chi connectivity index (χ0) is 14.3. The van der Waals surface area contributed by atoms with Crippen LogP contribution in [0.3, 0.4) is 0 Å². The molecule has 0 unspecified atom stereocenters. The smallest absolute Gasteiger partial charge is 0.0769 e. The Morgan fingerprint density at radius 2 is 1.86 bits per heavy atom. The lowest BCUT2D eigenvalue weighted by Gasteiger charge is -2.02. The van der Waals surface area contributed by atoms with Crippen LogP contribution >= 0.6 is 0 Å². The summed E-state index contributed by atoms with van der Waals surface area (Å²) in [5.74, 6) is 0. The molecule has 21 heavy (non-hydrogen) atoms. The lowest BCUT2D eigenvalue weighted by molar-refractivity contribution is 0.664. The molecule has 1 aromatic carbocycles. The third kappa shape index (κ3) is 3.97. The molecule has 106 valence electrons. The van der Waals surface area contributed by atoms with Gasteiger partial charge in [-0.25, -0.2) is 0 Å². The predicted octanol–water partition coefficient (Wildman–Crippen LogP) is 2.01. The van der Waals surface area contributed by atoms with Gasteiger partial charge in [-0.15, -0.1) is 0 Å². The van der Waals surface area contributed by atoms with E-state index in [1.807, 2.05) is 41.2 Å². The van der Waals surface area contributed by atoms with Gasteiger partial charge in [0.2, 0.25) is 0 Å². The summed E-state index contributed by atoms with van der Waals surface area (Å²) in [7, 11) is 0. The minimum absolute atomic E-state index is 0.706. The van der Waals surface area contributed by atoms with E-state index in [0.29, 0.717) is 6.54 Å². The number of aromatic nitrogens is 4. The number of nitrogens with one attached hydrogen (secondary N) is 1. The minimum atomic E-state index is 0.706. The van der Waals surface area contributed by atoms with E-state index in [-0.39, 0.29) is 0 Å². The van der Waals surface area contributed by atoms with Gasteiger partial charge in [-0.05, 0) is 17.7 Å². The summed E-state index contributed by atoms with van der Waals surface area (Å²) in [6, 6.07) is 14.2. The second-order valence-corrected chi connectivity index (χ2v) is 4.85. The Morgan fingerprint density at radius 3 is 2.67 bits per heavy atom. The van der Waals surface area contributed by atoms with Crippen molar-refractivity contribution in [2.45, 2.75) is 19.6 Å². The van der Waals surface area contributed by atoms with Crippen molar-refractivity contribution in [2.24, 2.45) is 0 Å². The summed E-state index contributed by atoms with van der Waals surface area (Å²) in [5, 5.41) is 15.6. The lowest BCUT2D eigenvalue weighted by Crippen LogP contribution is -2.13. The molecule has 0 fully saturated rings. The van der Waals surface area contributed by atoms with E-state index in [2.05, 4.69) is 38.9 Å². The molecule has 3 aromatic rings. The molecule has 1 N–H and O–H groups in total. The largest absolute Gasteiger partial charge is 0.307 e. The molecule has 5 nitrogen and oxygen atoms in total. The molecule has 0 aliphatic carbocycles. The van der Waals surface area contributed by atoms with Gasteiger partial charge in [-0.1, -0.05) is 30.3 Å². The molecule has 0 saturated heterocycles. The van der Waals surface area contributed by atoms with E-state index >= 15 is 0 Å². The highest BCUT2D eigenvalue weighted by atomic mass is 15.3. The van der Waals surface area contributed by atoms with Crippen molar-refractivity contribution in [3.63, 3.8) is 0 Å². The Hall–Kier alpha value is -2.53. The van der Waals surface area contributed by atoms with Crippen LogP contribution in [0.2, 0.25) is 0 Å². The van der Waals surface area contributed by atoms with Gasteiger partial charge in [0.25, 0.3) is 0 Å². The quantitative estimate of drug-likeness (QED) is 0.750. The Morgan fingerprint density at radius 1 is 0.952 bits per heavy atom. The maximum Gasteiger partial charge on any atom is 0.0769 e. The normalized spacial score (nSPS) is 10.7. The monoisotopic (exact) mass is 279 g/mol. The van der Waals surface area contributed by atoms with Crippen LogP contribution in [0.25, 0.3) is 0 Å². The van der Waals surface area contributed by atoms with Gasteiger partial charge in [-0.3, -0.25) is 4.68 Å². The minimum Gasteiger partial charge on any atom is -0.307 e. The van der Waals surface area contributed by atoms with Crippen LogP contribution in [0.5, 0.6) is 0 Å². The summed E-state index contributed by atoms with van der Waals surface area (Å²) in [6.45, 7) is 2.27. The Kier molecular flexibility index (Phi) is 4.33. The Labute approximate surface area is 123 Å². The summed E-state index contributed by atoms with van der Waals surface area (Å²) in [4.78, 5) is 0. The van der Waals surface area contributed by atoms with Gasteiger partial charge < -0.3 is 5.32 Å². The summed E-state index contributed by atoms with van der Waals surface area (Å²) in [6.07, 6.45) is 5.64. The van der Waals surface area contributed by atoms with Crippen LogP contribution in [0.4, 0.5) is 0 Å². The van der Waals surface area contributed by atoms with Crippen LogP contribution in [0.15, 0.2) is 61.1 Å². The maximum absolute atomic E-state index is 4.39. The first-order valence-corrected chi connectivity index (χ1v) is 6.93. The van der Waals surface area contributed by atoms with Crippen molar-refractivity contribution in [3.05, 3.63) is 77.9 Å². The van der Waals surface area contributed by atoms with Crippen molar-refractivity contribution < 1.29 is 0 Å². The van der Waals surface area contributed by atoms with Gasteiger partial charge in [-0.2, -0.15) is 15.3 Å². The number of benzene rings is 1. The first-order valence-electron chi connectivity index (χ1n) is 6.93. The van der Waals surface area contributed by atoms with E-state index in [9.17, 15) is 0 Å². The molecule has 0 aliphatic heterocycles. The highest BCUT2D eigenvalue weighted by Gasteiger charge is 2.00. The predicted molar refractivity (Wildman–Crippen MR) is 80.3 cm³/mol. The summed E-state index contributed by atoms with van der Waals surface area (Å²) < 4.78 is 1.95. The standard InChI is InChI=1S/C16H17N5/c1-2-5-14(6-3-1)12-21-13-15(10-19-21)9-17-11-16-7-4-8-18-20-16/h1-8,10,13,17H,9,11-12H2. The molecule has 5 heteroatoms. The molecule has 0 saturated carbocycles. The first-order chi connectivity index (χ1) is 10.4. The topological polar surface area (TPSA) is 55.6 Å². The third-order valence-corrected chi connectivity index (χ3v) is 3.14. The fraction of sp³-hybridized carbons (Fsp3) is 0.188. The van der Waals surface area contributed by atoms with Crippen molar-refractivity contribution in [1.29, 1.82) is 0 Å². The molecule has 0 bridgehead atoms. The van der Waals surface area contributed by atoms with E-state index in [0.717, 1.165) is 24.3 Å².